The second-order valence-electron chi connectivity index (χ2n) is 6.75. The molecular weight excluding hydrogens is 413 g/mol. The summed E-state index contributed by atoms with van der Waals surface area (Å²) in [5, 5.41) is 3.46. The van der Waals surface area contributed by atoms with E-state index in [4.69, 9.17) is 16.3 Å². The summed E-state index contributed by atoms with van der Waals surface area (Å²) in [6.45, 7) is 2.42. The molecule has 0 aliphatic carbocycles. The zero-order chi connectivity index (χ0) is 20.2. The summed E-state index contributed by atoms with van der Waals surface area (Å²) >= 11 is 7.39. The summed E-state index contributed by atoms with van der Waals surface area (Å²) in [5.41, 5.74) is 2.32. The van der Waals surface area contributed by atoms with Crippen LogP contribution in [0.3, 0.4) is 0 Å². The van der Waals surface area contributed by atoms with E-state index in [0.717, 1.165) is 37.8 Å². The highest BCUT2D eigenvalue weighted by atomic mass is 35.5. The summed E-state index contributed by atoms with van der Waals surface area (Å²) in [7, 11) is 0. The molecule has 4 rings (SSSR count). The molecule has 0 bridgehead atoms. The van der Waals surface area contributed by atoms with Gasteiger partial charge in [0.15, 0.2) is 11.7 Å². The summed E-state index contributed by atoms with van der Waals surface area (Å²) in [6.07, 6.45) is 0.857. The van der Waals surface area contributed by atoms with Crippen LogP contribution in [0.1, 0.15) is 16.1 Å². The third-order valence-corrected chi connectivity index (χ3v) is 5.85. The van der Waals surface area contributed by atoms with Gasteiger partial charge in [-0.3, -0.25) is 15.0 Å². The summed E-state index contributed by atoms with van der Waals surface area (Å²) in [4.78, 5) is 20.3. The van der Waals surface area contributed by atoms with Gasteiger partial charge in [-0.15, -0.1) is 11.3 Å². The molecule has 0 spiro atoms. The van der Waals surface area contributed by atoms with Crippen LogP contribution < -0.4 is 10.1 Å². The maximum Gasteiger partial charge on any atom is 0.264 e. The average Bonchev–Trinajstić information content (AvgIpc) is 3.09. The van der Waals surface area contributed by atoms with E-state index in [1.807, 2.05) is 18.2 Å². The number of benzene rings is 2. The van der Waals surface area contributed by atoms with Gasteiger partial charge in [0.2, 0.25) is 0 Å². The van der Waals surface area contributed by atoms with E-state index in [1.165, 1.54) is 33.9 Å². The number of rotatable bonds is 6. The Bertz CT molecular complexity index is 1010. The molecule has 5 nitrogen and oxygen atoms in total. The number of fused-ring (bicyclic) bond motifs is 1. The lowest BCUT2D eigenvalue weighted by molar-refractivity contribution is -0.118. The van der Waals surface area contributed by atoms with Gasteiger partial charge in [-0.05, 0) is 23.8 Å². The smallest absolute Gasteiger partial charge is 0.264 e. The molecule has 0 radical (unpaired) electrons. The van der Waals surface area contributed by atoms with Crippen molar-refractivity contribution >= 4 is 34.0 Å². The lowest BCUT2D eigenvalue weighted by Crippen LogP contribution is -2.29. The first kappa shape index (κ1) is 19.8. The molecule has 1 aliphatic rings. The van der Waals surface area contributed by atoms with Crippen LogP contribution in [-0.4, -0.2) is 28.9 Å². The van der Waals surface area contributed by atoms with E-state index >= 15 is 0 Å². The largest absolute Gasteiger partial charge is 0.482 e. The second-order valence-corrected chi connectivity index (χ2v) is 8.24. The molecule has 0 fully saturated rings. The number of anilines is 1. The van der Waals surface area contributed by atoms with E-state index in [9.17, 15) is 9.18 Å². The molecule has 1 aliphatic heterocycles. The molecule has 1 N–H and O–H groups in total. The minimum absolute atomic E-state index is 0.126. The van der Waals surface area contributed by atoms with Gasteiger partial charge < -0.3 is 4.74 Å². The first-order valence-electron chi connectivity index (χ1n) is 9.19. The second kappa shape index (κ2) is 8.90. The Morgan fingerprint density at radius 2 is 2.10 bits per heavy atom. The van der Waals surface area contributed by atoms with Crippen LogP contribution in [0.25, 0.3) is 0 Å². The van der Waals surface area contributed by atoms with Crippen molar-refractivity contribution in [3.63, 3.8) is 0 Å². The van der Waals surface area contributed by atoms with Crippen LogP contribution in [0.4, 0.5) is 9.52 Å². The minimum Gasteiger partial charge on any atom is -0.482 e. The molecule has 2 aromatic carbocycles. The van der Waals surface area contributed by atoms with Crippen LogP contribution in [0, 0.1) is 5.82 Å². The van der Waals surface area contributed by atoms with Gasteiger partial charge in [0.25, 0.3) is 5.91 Å². The fourth-order valence-corrected chi connectivity index (χ4v) is 4.46. The van der Waals surface area contributed by atoms with E-state index in [0.29, 0.717) is 5.13 Å². The predicted octanol–water partition coefficient (Wildman–Crippen LogP) is 4.51. The van der Waals surface area contributed by atoms with Crippen molar-refractivity contribution in [1.82, 2.24) is 9.88 Å². The lowest BCUT2D eigenvalue weighted by atomic mass is 10.1. The number of hydrogen-bond donors (Lipinski definition) is 1. The van der Waals surface area contributed by atoms with Crippen LogP contribution in [0.5, 0.6) is 5.75 Å². The monoisotopic (exact) mass is 431 g/mol. The van der Waals surface area contributed by atoms with Gasteiger partial charge in [-0.1, -0.05) is 41.9 Å². The van der Waals surface area contributed by atoms with E-state index in [1.54, 1.807) is 0 Å². The third kappa shape index (κ3) is 5.12. The Kier molecular flexibility index (Phi) is 6.08. The van der Waals surface area contributed by atoms with Crippen molar-refractivity contribution in [2.24, 2.45) is 0 Å². The van der Waals surface area contributed by atoms with Crippen LogP contribution >= 0.6 is 22.9 Å². The number of hydrogen-bond acceptors (Lipinski definition) is 5. The Hall–Kier alpha value is -2.48. The Morgan fingerprint density at radius 3 is 2.90 bits per heavy atom. The van der Waals surface area contributed by atoms with Crippen molar-refractivity contribution in [1.29, 1.82) is 0 Å². The molecular formula is C21H19ClFN3O2S. The molecule has 0 saturated heterocycles. The highest BCUT2D eigenvalue weighted by molar-refractivity contribution is 7.15. The number of carbonyl (C=O) groups is 1. The van der Waals surface area contributed by atoms with Gasteiger partial charge in [0, 0.05) is 30.9 Å². The van der Waals surface area contributed by atoms with E-state index in [2.05, 4.69) is 27.3 Å². The van der Waals surface area contributed by atoms with Crippen molar-refractivity contribution < 1.29 is 13.9 Å². The zero-order valence-corrected chi connectivity index (χ0v) is 17.1. The van der Waals surface area contributed by atoms with Crippen LogP contribution in [-0.2, 0) is 24.3 Å². The molecule has 1 amide bonds. The predicted molar refractivity (Wildman–Crippen MR) is 112 cm³/mol. The lowest BCUT2D eigenvalue weighted by Gasteiger charge is -2.25. The number of ether oxygens (including phenoxy) is 1. The number of aromatic nitrogens is 1. The van der Waals surface area contributed by atoms with E-state index in [-0.39, 0.29) is 23.3 Å². The SMILES string of the molecule is O=C(COc1ccc(F)cc1Cl)Nc1nc2c(s1)CN(Cc1ccccc1)CC2. The molecule has 150 valence electrons. The van der Waals surface area contributed by atoms with E-state index < -0.39 is 5.82 Å². The molecule has 8 heteroatoms. The molecule has 1 aromatic heterocycles. The molecule has 0 unspecified atom stereocenters. The molecule has 3 aromatic rings. The summed E-state index contributed by atoms with van der Waals surface area (Å²) in [5.74, 6) is -0.530. The maximum atomic E-state index is 13.1. The number of carbonyl (C=O) groups excluding carboxylic acids is 1. The minimum atomic E-state index is -0.457. The van der Waals surface area contributed by atoms with Crippen LogP contribution in [0.15, 0.2) is 48.5 Å². The molecule has 0 atom stereocenters. The fraction of sp³-hybridized carbons (Fsp3) is 0.238. The Balaban J connectivity index is 1.32. The molecule has 0 saturated carbocycles. The third-order valence-electron chi connectivity index (χ3n) is 4.56. The number of nitrogens with zero attached hydrogens (tertiary/aromatic N) is 2. The van der Waals surface area contributed by atoms with Crippen molar-refractivity contribution in [3.8, 4) is 5.75 Å². The highest BCUT2D eigenvalue weighted by Crippen LogP contribution is 2.29. The first-order valence-corrected chi connectivity index (χ1v) is 10.4. The quantitative estimate of drug-likeness (QED) is 0.623. The molecule has 29 heavy (non-hydrogen) atoms. The van der Waals surface area contributed by atoms with Gasteiger partial charge in [-0.2, -0.15) is 0 Å². The van der Waals surface area contributed by atoms with Gasteiger partial charge >= 0.3 is 0 Å². The number of thiazole rings is 1. The average molecular weight is 432 g/mol. The van der Waals surface area contributed by atoms with Crippen molar-refractivity contribution in [2.75, 3.05) is 18.5 Å². The number of amides is 1. The Labute approximate surface area is 177 Å². The van der Waals surface area contributed by atoms with Crippen molar-refractivity contribution in [2.45, 2.75) is 19.5 Å². The normalized spacial score (nSPS) is 13.7. The first-order chi connectivity index (χ1) is 14.1. The number of halogens is 2. The van der Waals surface area contributed by atoms with Gasteiger partial charge in [-0.25, -0.2) is 9.37 Å². The number of nitrogens with one attached hydrogen (secondary N) is 1. The summed E-state index contributed by atoms with van der Waals surface area (Å²) < 4.78 is 18.4. The standard InChI is InChI=1S/C21H19ClFN3O2S/c22-16-10-15(23)6-7-18(16)28-13-20(27)25-21-24-17-8-9-26(12-19(17)29-21)11-14-4-2-1-3-5-14/h1-7,10H,8-9,11-13H2,(H,24,25,27). The zero-order valence-electron chi connectivity index (χ0n) is 15.5. The topological polar surface area (TPSA) is 54.5 Å². The van der Waals surface area contributed by atoms with Crippen LogP contribution in [0.2, 0.25) is 5.02 Å². The maximum absolute atomic E-state index is 13.1. The van der Waals surface area contributed by atoms with Gasteiger partial charge in [0.05, 0.1) is 10.7 Å². The Morgan fingerprint density at radius 1 is 1.28 bits per heavy atom. The summed E-state index contributed by atoms with van der Waals surface area (Å²) in [6, 6.07) is 14.1. The fourth-order valence-electron chi connectivity index (χ4n) is 3.17. The van der Waals surface area contributed by atoms with Crippen molar-refractivity contribution in [3.05, 3.63) is 75.5 Å². The highest BCUT2D eigenvalue weighted by Gasteiger charge is 2.21. The molecule has 2 heterocycles. The van der Waals surface area contributed by atoms with Gasteiger partial charge in [0.1, 0.15) is 11.6 Å².